The van der Waals surface area contributed by atoms with E-state index < -0.39 is 20.0 Å². The van der Waals surface area contributed by atoms with Crippen molar-refractivity contribution >= 4 is 35.7 Å². The Labute approximate surface area is 133 Å². The van der Waals surface area contributed by atoms with Crippen molar-refractivity contribution in [3.05, 3.63) is 28.5 Å². The van der Waals surface area contributed by atoms with E-state index in [2.05, 4.69) is 26.1 Å². The molecule has 1 aromatic heterocycles. The van der Waals surface area contributed by atoms with Gasteiger partial charge in [0.1, 0.15) is 5.82 Å². The number of benzene rings is 1. The molecule has 2 aromatic rings. The Balaban J connectivity index is 2.67. The third kappa shape index (κ3) is 3.42. The van der Waals surface area contributed by atoms with Gasteiger partial charge >= 0.3 is 0 Å². The van der Waals surface area contributed by atoms with Gasteiger partial charge in [-0.1, -0.05) is 6.07 Å². The van der Waals surface area contributed by atoms with E-state index in [1.54, 1.807) is 6.07 Å². The zero-order valence-corrected chi connectivity index (χ0v) is 13.9. The second kappa shape index (κ2) is 6.39. The highest BCUT2D eigenvalue weighted by Crippen LogP contribution is 2.31. The molecule has 1 heterocycles. The molecule has 0 aliphatic heterocycles. The Kier molecular flexibility index (Phi) is 4.97. The first-order valence-corrected chi connectivity index (χ1v) is 8.77. The number of hydrogen-bond acceptors (Lipinski definition) is 5. The summed E-state index contributed by atoms with van der Waals surface area (Å²) in [5.41, 5.74) is 0.104. The maximum Gasteiger partial charge on any atom is 0.296 e. The van der Waals surface area contributed by atoms with Crippen LogP contribution in [0.1, 0.15) is 0 Å². The van der Waals surface area contributed by atoms with E-state index in [0.717, 1.165) is 0 Å². The number of ether oxygens (including phenoxy) is 1. The van der Waals surface area contributed by atoms with Crippen LogP contribution in [0.25, 0.3) is 11.4 Å². The lowest BCUT2D eigenvalue weighted by Gasteiger charge is -2.10. The molecule has 114 valence electrons. The van der Waals surface area contributed by atoms with Crippen LogP contribution >= 0.6 is 26.6 Å². The molecule has 1 aromatic carbocycles. The molecule has 0 aliphatic carbocycles. The quantitative estimate of drug-likeness (QED) is 0.723. The minimum Gasteiger partial charge on any atom is -0.383 e. The lowest BCUT2D eigenvalue weighted by atomic mass is 10.2. The summed E-state index contributed by atoms with van der Waals surface area (Å²) < 4.78 is 43.6. The van der Waals surface area contributed by atoms with E-state index in [1.807, 2.05) is 0 Å². The smallest absolute Gasteiger partial charge is 0.296 e. The topological polar surface area (TPSA) is 74.1 Å². The maximum atomic E-state index is 14.0. The molecule has 0 radical (unpaired) electrons. The number of nitrogens with zero attached hydrogens (tertiary/aromatic N) is 3. The van der Waals surface area contributed by atoms with Crippen LogP contribution in [-0.2, 0) is 20.3 Å². The lowest BCUT2D eigenvalue weighted by molar-refractivity contribution is 0.185. The Morgan fingerprint density at radius 2 is 2.14 bits per heavy atom. The van der Waals surface area contributed by atoms with Crippen LogP contribution in [-0.4, -0.2) is 36.9 Å². The van der Waals surface area contributed by atoms with Gasteiger partial charge in [0.2, 0.25) is 0 Å². The van der Waals surface area contributed by atoms with Crippen molar-refractivity contribution in [2.75, 3.05) is 13.7 Å². The molecule has 0 bridgehead atoms. The van der Waals surface area contributed by atoms with Gasteiger partial charge in [-0.15, -0.1) is 10.2 Å². The van der Waals surface area contributed by atoms with Crippen LogP contribution in [0, 0.1) is 5.82 Å². The Hall–Kier alpha value is -1.03. The van der Waals surface area contributed by atoms with Crippen molar-refractivity contribution in [2.24, 2.45) is 0 Å². The van der Waals surface area contributed by atoms with Crippen LogP contribution in [0.15, 0.2) is 27.8 Å². The molecular weight excluding hydrogens is 389 g/mol. The molecule has 0 saturated heterocycles. The zero-order valence-electron chi connectivity index (χ0n) is 10.8. The predicted molar refractivity (Wildman–Crippen MR) is 78.0 cm³/mol. The Morgan fingerprint density at radius 1 is 1.43 bits per heavy atom. The molecule has 0 aliphatic rings. The monoisotopic (exact) mass is 397 g/mol. The zero-order chi connectivity index (χ0) is 15.6. The van der Waals surface area contributed by atoms with E-state index in [9.17, 15) is 12.8 Å². The largest absolute Gasteiger partial charge is 0.383 e. The van der Waals surface area contributed by atoms with Gasteiger partial charge in [-0.2, -0.15) is 0 Å². The van der Waals surface area contributed by atoms with Crippen LogP contribution in [0.3, 0.4) is 0 Å². The van der Waals surface area contributed by atoms with Crippen molar-refractivity contribution in [3.8, 4) is 11.4 Å². The van der Waals surface area contributed by atoms with Gasteiger partial charge in [0.15, 0.2) is 5.82 Å². The fourth-order valence-corrected chi connectivity index (χ4v) is 3.19. The Morgan fingerprint density at radius 3 is 2.71 bits per heavy atom. The third-order valence-electron chi connectivity index (χ3n) is 2.64. The van der Waals surface area contributed by atoms with Crippen molar-refractivity contribution in [3.63, 3.8) is 0 Å². The fourth-order valence-electron chi connectivity index (χ4n) is 1.75. The van der Waals surface area contributed by atoms with Gasteiger partial charge in [0.25, 0.3) is 14.2 Å². The molecule has 21 heavy (non-hydrogen) atoms. The average molecular weight is 399 g/mol. The van der Waals surface area contributed by atoms with E-state index in [-0.39, 0.29) is 24.5 Å². The summed E-state index contributed by atoms with van der Waals surface area (Å²) in [5, 5.41) is 6.85. The van der Waals surface area contributed by atoms with Gasteiger partial charge in [0.05, 0.1) is 18.7 Å². The standard InChI is InChI=1S/C11H10BrClFN3O3S/c1-20-6-5-17-10(15-16-11(17)21(13,18)19)9-7(12)3-2-4-8(9)14/h2-4H,5-6H2,1H3. The normalized spacial score (nSPS) is 11.8. The minimum atomic E-state index is -4.11. The van der Waals surface area contributed by atoms with Crippen molar-refractivity contribution in [2.45, 2.75) is 11.7 Å². The molecule has 0 N–H and O–H groups in total. The third-order valence-corrected chi connectivity index (χ3v) is 4.45. The van der Waals surface area contributed by atoms with Crippen LogP contribution in [0.2, 0.25) is 0 Å². The SMILES string of the molecule is COCCn1c(-c2c(F)cccc2Br)nnc1S(=O)(=O)Cl. The van der Waals surface area contributed by atoms with Gasteiger partial charge in [-0.25, -0.2) is 12.8 Å². The molecule has 0 unspecified atom stereocenters. The summed E-state index contributed by atoms with van der Waals surface area (Å²) in [6.45, 7) is 0.303. The molecule has 0 fully saturated rings. The molecule has 0 spiro atoms. The summed E-state index contributed by atoms with van der Waals surface area (Å²) >= 11 is 3.21. The summed E-state index contributed by atoms with van der Waals surface area (Å²) in [5.74, 6) is -0.509. The maximum absolute atomic E-state index is 14.0. The van der Waals surface area contributed by atoms with Crippen molar-refractivity contribution < 1.29 is 17.5 Å². The minimum absolute atomic E-state index is 0.0521. The molecule has 10 heteroatoms. The van der Waals surface area contributed by atoms with Crippen molar-refractivity contribution in [1.82, 2.24) is 14.8 Å². The number of methoxy groups -OCH3 is 1. The summed E-state index contributed by atoms with van der Waals surface area (Å²) in [6, 6.07) is 4.37. The first-order chi connectivity index (χ1) is 9.86. The average Bonchev–Trinajstić information content (AvgIpc) is 2.79. The second-order valence-electron chi connectivity index (χ2n) is 3.99. The second-order valence-corrected chi connectivity index (χ2v) is 7.30. The molecule has 0 saturated carbocycles. The molecule has 2 rings (SSSR count). The van der Waals surface area contributed by atoms with Gasteiger partial charge in [-0.3, -0.25) is 4.57 Å². The molecule has 6 nitrogen and oxygen atoms in total. The number of hydrogen-bond donors (Lipinski definition) is 0. The van der Waals surface area contributed by atoms with Gasteiger partial charge in [-0.05, 0) is 28.1 Å². The predicted octanol–water partition coefficient (Wildman–Crippen LogP) is 2.42. The molecular formula is C11H10BrClFN3O3S. The van der Waals surface area contributed by atoms with E-state index in [4.69, 9.17) is 15.4 Å². The number of aromatic nitrogens is 3. The van der Waals surface area contributed by atoms with Gasteiger partial charge in [0, 0.05) is 22.3 Å². The lowest BCUT2D eigenvalue weighted by Crippen LogP contribution is -2.12. The summed E-state index contributed by atoms with van der Waals surface area (Å²) in [6.07, 6.45) is 0. The van der Waals surface area contributed by atoms with Crippen LogP contribution < -0.4 is 0 Å². The van der Waals surface area contributed by atoms with Crippen LogP contribution in [0.5, 0.6) is 0 Å². The van der Waals surface area contributed by atoms with Crippen LogP contribution in [0.4, 0.5) is 4.39 Å². The van der Waals surface area contributed by atoms with Crippen molar-refractivity contribution in [1.29, 1.82) is 0 Å². The van der Waals surface area contributed by atoms with E-state index in [0.29, 0.717) is 4.47 Å². The number of halogens is 3. The van der Waals surface area contributed by atoms with E-state index >= 15 is 0 Å². The first kappa shape index (κ1) is 16.3. The molecule has 0 atom stereocenters. The highest BCUT2D eigenvalue weighted by Gasteiger charge is 2.25. The summed E-state index contributed by atoms with van der Waals surface area (Å²) in [4.78, 5) is 0. The summed E-state index contributed by atoms with van der Waals surface area (Å²) in [7, 11) is 2.67. The highest BCUT2D eigenvalue weighted by atomic mass is 79.9. The molecule has 0 amide bonds. The number of rotatable bonds is 5. The highest BCUT2D eigenvalue weighted by molar-refractivity contribution is 9.10. The fraction of sp³-hybridized carbons (Fsp3) is 0.273. The Bertz CT molecular complexity index is 746. The van der Waals surface area contributed by atoms with E-state index in [1.165, 1.54) is 23.8 Å². The van der Waals surface area contributed by atoms with Gasteiger partial charge < -0.3 is 4.74 Å². The first-order valence-electron chi connectivity index (χ1n) is 5.67.